The Kier molecular flexibility index (Phi) is 3.16. The van der Waals surface area contributed by atoms with Crippen LogP contribution in [-0.2, 0) is 0 Å². The number of nitrogens with one attached hydrogen (secondary N) is 1. The van der Waals surface area contributed by atoms with E-state index >= 15 is 0 Å². The SMILES string of the molecule is O=C(Nc1cccc2ncccc12)c1c(O)cccc1O. The van der Waals surface area contributed by atoms with Crippen LogP contribution in [0.25, 0.3) is 10.9 Å². The topological polar surface area (TPSA) is 82.5 Å². The van der Waals surface area contributed by atoms with Crippen molar-refractivity contribution in [2.24, 2.45) is 0 Å². The van der Waals surface area contributed by atoms with Crippen LogP contribution < -0.4 is 5.32 Å². The highest BCUT2D eigenvalue weighted by atomic mass is 16.3. The highest BCUT2D eigenvalue weighted by Crippen LogP contribution is 2.28. The molecule has 0 aliphatic carbocycles. The van der Waals surface area contributed by atoms with E-state index < -0.39 is 5.91 Å². The standard InChI is InChI=1S/C16H12N2O3/c19-13-7-2-8-14(20)15(13)16(21)18-12-6-1-5-11-10(12)4-3-9-17-11/h1-9,19-20H,(H,18,21). The number of nitrogens with zero attached hydrogens (tertiary/aromatic N) is 1. The molecule has 0 radical (unpaired) electrons. The largest absolute Gasteiger partial charge is 0.507 e. The van der Waals surface area contributed by atoms with Gasteiger partial charge in [-0.1, -0.05) is 12.1 Å². The molecule has 0 saturated carbocycles. The minimum absolute atomic E-state index is 0.154. The van der Waals surface area contributed by atoms with Gasteiger partial charge in [-0.3, -0.25) is 9.78 Å². The third-order valence-corrected chi connectivity index (χ3v) is 3.14. The number of phenolic OH excluding ortho intramolecular Hbond substituents is 2. The van der Waals surface area contributed by atoms with Gasteiger partial charge in [0.2, 0.25) is 0 Å². The molecule has 104 valence electrons. The Morgan fingerprint density at radius 1 is 0.952 bits per heavy atom. The molecular weight excluding hydrogens is 268 g/mol. The van der Waals surface area contributed by atoms with Gasteiger partial charge in [0.05, 0.1) is 11.2 Å². The Morgan fingerprint density at radius 3 is 2.43 bits per heavy atom. The number of hydrogen-bond donors (Lipinski definition) is 3. The van der Waals surface area contributed by atoms with E-state index in [1.54, 1.807) is 24.4 Å². The molecule has 1 heterocycles. The minimum Gasteiger partial charge on any atom is -0.507 e. The van der Waals surface area contributed by atoms with Crippen LogP contribution in [0.4, 0.5) is 5.69 Å². The first-order chi connectivity index (χ1) is 10.2. The lowest BCUT2D eigenvalue weighted by atomic mass is 10.1. The summed E-state index contributed by atoms with van der Waals surface area (Å²) in [6.07, 6.45) is 1.67. The summed E-state index contributed by atoms with van der Waals surface area (Å²) in [6, 6.07) is 13.1. The predicted octanol–water partition coefficient (Wildman–Crippen LogP) is 2.90. The van der Waals surface area contributed by atoms with Gasteiger partial charge in [-0.2, -0.15) is 0 Å². The molecule has 1 aromatic heterocycles. The molecule has 0 aliphatic rings. The number of carbonyl (C=O) groups excluding carboxylic acids is 1. The van der Waals surface area contributed by atoms with E-state index in [4.69, 9.17) is 0 Å². The molecule has 2 aromatic carbocycles. The number of amides is 1. The second kappa shape index (κ2) is 5.13. The normalized spacial score (nSPS) is 10.5. The number of aromatic hydroxyl groups is 2. The fourth-order valence-electron chi connectivity index (χ4n) is 2.16. The molecule has 0 bridgehead atoms. The third kappa shape index (κ3) is 2.36. The third-order valence-electron chi connectivity index (χ3n) is 3.14. The smallest absolute Gasteiger partial charge is 0.263 e. The van der Waals surface area contributed by atoms with Crippen LogP contribution in [0.5, 0.6) is 11.5 Å². The number of aromatic nitrogens is 1. The monoisotopic (exact) mass is 280 g/mol. The molecule has 5 heteroatoms. The second-order valence-corrected chi connectivity index (χ2v) is 4.50. The van der Waals surface area contributed by atoms with Crippen LogP contribution in [0, 0.1) is 0 Å². The van der Waals surface area contributed by atoms with E-state index in [9.17, 15) is 15.0 Å². The van der Waals surface area contributed by atoms with Gasteiger partial charge in [-0.15, -0.1) is 0 Å². The highest BCUT2D eigenvalue weighted by Gasteiger charge is 2.16. The summed E-state index contributed by atoms with van der Waals surface area (Å²) >= 11 is 0. The number of rotatable bonds is 2. The van der Waals surface area contributed by atoms with Crippen LogP contribution >= 0.6 is 0 Å². The molecule has 0 spiro atoms. The van der Waals surface area contributed by atoms with Gasteiger partial charge in [0.25, 0.3) is 5.91 Å². The first-order valence-corrected chi connectivity index (χ1v) is 6.33. The maximum Gasteiger partial charge on any atom is 0.263 e. The summed E-state index contributed by atoms with van der Waals surface area (Å²) in [4.78, 5) is 16.5. The Balaban J connectivity index is 2.01. The van der Waals surface area contributed by atoms with Crippen LogP contribution in [0.15, 0.2) is 54.7 Å². The fourth-order valence-corrected chi connectivity index (χ4v) is 2.16. The van der Waals surface area contributed by atoms with Crippen molar-refractivity contribution in [3.63, 3.8) is 0 Å². The van der Waals surface area contributed by atoms with Crippen molar-refractivity contribution in [3.05, 3.63) is 60.3 Å². The van der Waals surface area contributed by atoms with Crippen molar-refractivity contribution in [1.82, 2.24) is 4.98 Å². The van der Waals surface area contributed by atoms with Gasteiger partial charge < -0.3 is 15.5 Å². The van der Waals surface area contributed by atoms with Gasteiger partial charge in [-0.25, -0.2) is 0 Å². The molecule has 0 atom stereocenters. The second-order valence-electron chi connectivity index (χ2n) is 4.50. The zero-order valence-corrected chi connectivity index (χ0v) is 10.9. The first kappa shape index (κ1) is 12.9. The lowest BCUT2D eigenvalue weighted by molar-refractivity contribution is 0.102. The van der Waals surface area contributed by atoms with Crippen molar-refractivity contribution in [3.8, 4) is 11.5 Å². The predicted molar refractivity (Wildman–Crippen MR) is 79.5 cm³/mol. The average molecular weight is 280 g/mol. The molecule has 0 fully saturated rings. The van der Waals surface area contributed by atoms with Crippen molar-refractivity contribution in [2.45, 2.75) is 0 Å². The molecule has 0 aliphatic heterocycles. The van der Waals surface area contributed by atoms with Gasteiger partial charge in [0.15, 0.2) is 0 Å². The molecule has 1 amide bonds. The Morgan fingerprint density at radius 2 is 1.67 bits per heavy atom. The Bertz CT molecular complexity index is 805. The number of carbonyl (C=O) groups is 1. The summed E-state index contributed by atoms with van der Waals surface area (Å²) < 4.78 is 0. The van der Waals surface area contributed by atoms with E-state index in [-0.39, 0.29) is 17.1 Å². The molecule has 0 saturated heterocycles. The molecule has 0 unspecified atom stereocenters. The van der Waals surface area contributed by atoms with Crippen molar-refractivity contribution in [2.75, 3.05) is 5.32 Å². The minimum atomic E-state index is -0.582. The lowest BCUT2D eigenvalue weighted by Crippen LogP contribution is -2.12. The van der Waals surface area contributed by atoms with Gasteiger partial charge in [0, 0.05) is 11.6 Å². The molecule has 21 heavy (non-hydrogen) atoms. The van der Waals surface area contributed by atoms with E-state index in [1.165, 1.54) is 18.2 Å². The zero-order valence-electron chi connectivity index (χ0n) is 10.9. The fraction of sp³-hybridized carbons (Fsp3) is 0. The van der Waals surface area contributed by atoms with E-state index in [0.717, 1.165) is 10.9 Å². The van der Waals surface area contributed by atoms with E-state index in [0.29, 0.717) is 5.69 Å². The number of benzene rings is 2. The highest BCUT2D eigenvalue weighted by molar-refractivity contribution is 6.11. The van der Waals surface area contributed by atoms with E-state index in [1.807, 2.05) is 12.1 Å². The van der Waals surface area contributed by atoms with Crippen LogP contribution in [0.2, 0.25) is 0 Å². The zero-order chi connectivity index (χ0) is 14.8. The van der Waals surface area contributed by atoms with Crippen molar-refractivity contribution in [1.29, 1.82) is 0 Å². The average Bonchev–Trinajstić information content (AvgIpc) is 2.47. The maximum absolute atomic E-state index is 12.2. The van der Waals surface area contributed by atoms with Gasteiger partial charge >= 0.3 is 0 Å². The van der Waals surface area contributed by atoms with Gasteiger partial charge in [0.1, 0.15) is 17.1 Å². The summed E-state index contributed by atoms with van der Waals surface area (Å²) in [5.41, 5.74) is 1.16. The van der Waals surface area contributed by atoms with Crippen molar-refractivity contribution < 1.29 is 15.0 Å². The molecule has 5 nitrogen and oxygen atoms in total. The van der Waals surface area contributed by atoms with Crippen LogP contribution in [0.1, 0.15) is 10.4 Å². The summed E-state index contributed by atoms with van der Waals surface area (Å²) in [7, 11) is 0. The molecular formula is C16H12N2O3. The molecule has 3 rings (SSSR count). The lowest BCUT2D eigenvalue weighted by Gasteiger charge is -2.10. The summed E-state index contributed by atoms with van der Waals surface area (Å²) in [5.74, 6) is -1.13. The Hall–Kier alpha value is -3.08. The molecule has 3 N–H and O–H groups in total. The van der Waals surface area contributed by atoms with E-state index in [2.05, 4.69) is 10.3 Å². The van der Waals surface area contributed by atoms with Crippen LogP contribution in [0.3, 0.4) is 0 Å². The summed E-state index contributed by atoms with van der Waals surface area (Å²) in [5, 5.41) is 22.9. The number of pyridine rings is 1. The first-order valence-electron chi connectivity index (χ1n) is 6.33. The number of hydrogen-bond acceptors (Lipinski definition) is 4. The van der Waals surface area contributed by atoms with Crippen molar-refractivity contribution >= 4 is 22.5 Å². The maximum atomic E-state index is 12.2. The Labute approximate surface area is 120 Å². The number of phenols is 2. The quantitative estimate of drug-likeness (QED) is 0.674. The number of anilines is 1. The number of fused-ring (bicyclic) bond motifs is 1. The van der Waals surface area contributed by atoms with Crippen LogP contribution in [-0.4, -0.2) is 21.1 Å². The van der Waals surface area contributed by atoms with Gasteiger partial charge in [-0.05, 0) is 36.4 Å². The molecule has 3 aromatic rings. The summed E-state index contributed by atoms with van der Waals surface area (Å²) in [6.45, 7) is 0.